The Kier molecular flexibility index (Phi) is 4.00. The Morgan fingerprint density at radius 1 is 1.23 bits per heavy atom. The second-order valence-corrected chi connectivity index (χ2v) is 6.43. The molecule has 4 nitrogen and oxygen atoms in total. The fourth-order valence-corrected chi connectivity index (χ4v) is 2.94. The van der Waals surface area contributed by atoms with Crippen molar-refractivity contribution in [3.05, 3.63) is 56.9 Å². The maximum absolute atomic E-state index is 11.9. The first-order valence-corrected chi connectivity index (χ1v) is 7.68. The summed E-state index contributed by atoms with van der Waals surface area (Å²) in [6, 6.07) is 10.2. The number of hydrogen-bond acceptors (Lipinski definition) is 5. The van der Waals surface area contributed by atoms with Crippen LogP contribution in [0.15, 0.2) is 40.8 Å². The molecule has 0 saturated heterocycles. The average Bonchev–Trinajstić information content (AvgIpc) is 3.10. The smallest absolute Gasteiger partial charge is 0.374 e. The van der Waals surface area contributed by atoms with Gasteiger partial charge in [-0.05, 0) is 43.3 Å². The maximum atomic E-state index is 11.9. The van der Waals surface area contributed by atoms with Crippen LogP contribution in [-0.4, -0.2) is 18.4 Å². The maximum Gasteiger partial charge on any atom is 0.374 e. The molecular formula is C16H11ClO4S. The van der Waals surface area contributed by atoms with Gasteiger partial charge in [-0.2, -0.15) is 0 Å². The van der Waals surface area contributed by atoms with Gasteiger partial charge in [0, 0.05) is 15.3 Å². The van der Waals surface area contributed by atoms with Crippen molar-refractivity contribution in [3.8, 4) is 0 Å². The standard InChI is InChI=1S/C16H11ClO4S/c1-9-2-5-15(22-9)12(18)8-20-16(19)14-7-10-6-11(17)3-4-13(10)21-14/h2-7H,8H2,1H3. The number of rotatable bonds is 4. The molecule has 3 rings (SSSR count). The quantitative estimate of drug-likeness (QED) is 0.521. The van der Waals surface area contributed by atoms with Crippen LogP contribution in [0.25, 0.3) is 11.0 Å². The van der Waals surface area contributed by atoms with E-state index in [4.69, 9.17) is 20.8 Å². The van der Waals surface area contributed by atoms with E-state index in [2.05, 4.69) is 0 Å². The van der Waals surface area contributed by atoms with Gasteiger partial charge in [0.25, 0.3) is 0 Å². The van der Waals surface area contributed by atoms with Crippen molar-refractivity contribution >= 4 is 45.7 Å². The zero-order valence-electron chi connectivity index (χ0n) is 11.6. The SMILES string of the molecule is Cc1ccc(C(=O)COC(=O)c2cc3cc(Cl)ccc3o2)s1. The van der Waals surface area contributed by atoms with Crippen molar-refractivity contribution in [3.63, 3.8) is 0 Å². The summed E-state index contributed by atoms with van der Waals surface area (Å²) in [7, 11) is 0. The van der Waals surface area contributed by atoms with E-state index in [0.29, 0.717) is 20.9 Å². The van der Waals surface area contributed by atoms with E-state index in [1.54, 1.807) is 30.3 Å². The van der Waals surface area contributed by atoms with E-state index in [0.717, 1.165) is 4.88 Å². The van der Waals surface area contributed by atoms with E-state index >= 15 is 0 Å². The lowest BCUT2D eigenvalue weighted by molar-refractivity contribution is 0.0447. The Balaban J connectivity index is 1.69. The number of halogens is 1. The van der Waals surface area contributed by atoms with Gasteiger partial charge in [-0.3, -0.25) is 4.79 Å². The van der Waals surface area contributed by atoms with Crippen molar-refractivity contribution in [1.82, 2.24) is 0 Å². The summed E-state index contributed by atoms with van der Waals surface area (Å²) >= 11 is 7.25. The molecule has 0 fully saturated rings. The Hall–Kier alpha value is -2.11. The molecule has 6 heteroatoms. The van der Waals surface area contributed by atoms with Gasteiger partial charge in [-0.1, -0.05) is 11.6 Å². The van der Waals surface area contributed by atoms with E-state index in [-0.39, 0.29) is 18.2 Å². The van der Waals surface area contributed by atoms with Crippen LogP contribution in [0, 0.1) is 6.92 Å². The van der Waals surface area contributed by atoms with Crippen molar-refractivity contribution in [1.29, 1.82) is 0 Å². The number of carbonyl (C=O) groups is 2. The number of benzene rings is 1. The Morgan fingerprint density at radius 3 is 2.77 bits per heavy atom. The molecule has 0 spiro atoms. The Morgan fingerprint density at radius 2 is 2.05 bits per heavy atom. The van der Waals surface area contributed by atoms with Crippen molar-refractivity contribution in [2.24, 2.45) is 0 Å². The average molecular weight is 335 g/mol. The minimum Gasteiger partial charge on any atom is -0.451 e. The van der Waals surface area contributed by atoms with Crippen LogP contribution in [0.4, 0.5) is 0 Å². The summed E-state index contributed by atoms with van der Waals surface area (Å²) in [4.78, 5) is 25.4. The predicted molar refractivity (Wildman–Crippen MR) is 84.9 cm³/mol. The molecule has 0 N–H and O–H groups in total. The molecule has 2 aromatic heterocycles. The number of furan rings is 1. The van der Waals surface area contributed by atoms with Gasteiger partial charge in [-0.15, -0.1) is 11.3 Å². The van der Waals surface area contributed by atoms with Crippen molar-refractivity contribution < 1.29 is 18.7 Å². The van der Waals surface area contributed by atoms with Gasteiger partial charge in [0.2, 0.25) is 11.5 Å². The Labute approximate surface area is 135 Å². The topological polar surface area (TPSA) is 56.5 Å². The third-order valence-corrected chi connectivity index (χ3v) is 4.31. The van der Waals surface area contributed by atoms with Gasteiger partial charge >= 0.3 is 5.97 Å². The molecule has 112 valence electrons. The first kappa shape index (κ1) is 14.8. The van der Waals surface area contributed by atoms with Gasteiger partial charge in [0.1, 0.15) is 5.58 Å². The molecular weight excluding hydrogens is 324 g/mol. The van der Waals surface area contributed by atoms with E-state index in [1.807, 2.05) is 13.0 Å². The number of thiophene rings is 1. The van der Waals surface area contributed by atoms with Crippen LogP contribution < -0.4 is 0 Å². The molecule has 0 atom stereocenters. The van der Waals surface area contributed by atoms with Crippen LogP contribution in [0.1, 0.15) is 25.1 Å². The van der Waals surface area contributed by atoms with Gasteiger partial charge < -0.3 is 9.15 Å². The van der Waals surface area contributed by atoms with Crippen LogP contribution in [0.2, 0.25) is 5.02 Å². The highest BCUT2D eigenvalue weighted by Gasteiger charge is 2.17. The molecule has 0 saturated carbocycles. The second-order valence-electron chi connectivity index (χ2n) is 4.70. The molecule has 0 aliphatic carbocycles. The summed E-state index contributed by atoms with van der Waals surface area (Å²) < 4.78 is 10.4. The summed E-state index contributed by atoms with van der Waals surface area (Å²) in [5.41, 5.74) is 0.538. The lowest BCUT2D eigenvalue weighted by Gasteiger charge is -2.00. The number of hydrogen-bond donors (Lipinski definition) is 0. The van der Waals surface area contributed by atoms with Gasteiger partial charge in [0.05, 0.1) is 4.88 Å². The van der Waals surface area contributed by atoms with Crippen LogP contribution in [0.5, 0.6) is 0 Å². The van der Waals surface area contributed by atoms with Crippen LogP contribution >= 0.6 is 22.9 Å². The van der Waals surface area contributed by atoms with E-state index in [9.17, 15) is 9.59 Å². The van der Waals surface area contributed by atoms with Crippen LogP contribution in [0.3, 0.4) is 0 Å². The lowest BCUT2D eigenvalue weighted by Crippen LogP contribution is -2.12. The van der Waals surface area contributed by atoms with E-state index < -0.39 is 5.97 Å². The molecule has 0 amide bonds. The van der Waals surface area contributed by atoms with Gasteiger partial charge in [-0.25, -0.2) is 4.79 Å². The minimum atomic E-state index is -0.672. The van der Waals surface area contributed by atoms with Crippen molar-refractivity contribution in [2.75, 3.05) is 6.61 Å². The molecule has 0 bridgehead atoms. The van der Waals surface area contributed by atoms with Gasteiger partial charge in [0.15, 0.2) is 6.61 Å². The zero-order valence-corrected chi connectivity index (χ0v) is 13.2. The summed E-state index contributed by atoms with van der Waals surface area (Å²) in [5, 5.41) is 1.26. The molecule has 2 heterocycles. The normalized spacial score (nSPS) is 10.8. The molecule has 0 unspecified atom stereocenters. The highest BCUT2D eigenvalue weighted by Crippen LogP contribution is 2.23. The number of fused-ring (bicyclic) bond motifs is 1. The molecule has 0 aliphatic heterocycles. The first-order chi connectivity index (χ1) is 10.5. The number of aryl methyl sites for hydroxylation is 1. The summed E-state index contributed by atoms with van der Waals surface area (Å²) in [6.45, 7) is 1.60. The summed E-state index contributed by atoms with van der Waals surface area (Å²) in [5.74, 6) is -0.855. The number of carbonyl (C=O) groups excluding carboxylic acids is 2. The molecule has 22 heavy (non-hydrogen) atoms. The highest BCUT2D eigenvalue weighted by molar-refractivity contribution is 7.14. The number of ether oxygens (including phenoxy) is 1. The third-order valence-electron chi connectivity index (χ3n) is 3.03. The first-order valence-electron chi connectivity index (χ1n) is 6.49. The third kappa shape index (κ3) is 3.05. The number of ketones is 1. The molecule has 1 aromatic carbocycles. The second kappa shape index (κ2) is 5.94. The minimum absolute atomic E-state index is 0.0485. The largest absolute Gasteiger partial charge is 0.451 e. The molecule has 0 radical (unpaired) electrons. The number of Topliss-reactive ketones (excluding diaryl/α,β-unsaturated/α-hetero) is 1. The Bertz CT molecular complexity index is 862. The molecule has 0 aliphatic rings. The predicted octanol–water partition coefficient (Wildman–Crippen LogP) is 4.50. The van der Waals surface area contributed by atoms with E-state index in [1.165, 1.54) is 11.3 Å². The fourth-order valence-electron chi connectivity index (χ4n) is 1.97. The fraction of sp³-hybridized carbons (Fsp3) is 0.125. The molecule has 3 aromatic rings. The van der Waals surface area contributed by atoms with Crippen LogP contribution in [-0.2, 0) is 4.74 Å². The highest BCUT2D eigenvalue weighted by atomic mass is 35.5. The van der Waals surface area contributed by atoms with Crippen molar-refractivity contribution in [2.45, 2.75) is 6.92 Å². The monoisotopic (exact) mass is 334 g/mol. The zero-order chi connectivity index (χ0) is 15.7. The number of esters is 1. The lowest BCUT2D eigenvalue weighted by atomic mass is 10.2. The summed E-state index contributed by atoms with van der Waals surface area (Å²) in [6.07, 6.45) is 0.